The van der Waals surface area contributed by atoms with Gasteiger partial charge in [0.15, 0.2) is 0 Å². The zero-order valence-corrected chi connectivity index (χ0v) is 12.3. The van der Waals surface area contributed by atoms with Crippen LogP contribution in [-0.2, 0) is 11.3 Å². The highest BCUT2D eigenvalue weighted by molar-refractivity contribution is 6.00. The first-order valence-corrected chi connectivity index (χ1v) is 6.83. The molecule has 0 saturated heterocycles. The Kier molecular flexibility index (Phi) is 4.55. The Morgan fingerprint density at radius 2 is 1.95 bits per heavy atom. The average molecular weight is 305 g/mol. The van der Waals surface area contributed by atoms with Crippen LogP contribution in [0.2, 0.25) is 0 Å². The molecular formula is C15H16FN3O3. The van der Waals surface area contributed by atoms with Gasteiger partial charge in [-0.1, -0.05) is 0 Å². The molecule has 1 aromatic carbocycles. The van der Waals surface area contributed by atoms with Crippen LogP contribution in [0.15, 0.2) is 29.1 Å². The number of halogens is 1. The summed E-state index contributed by atoms with van der Waals surface area (Å²) in [4.78, 5) is 24.2. The van der Waals surface area contributed by atoms with Crippen LogP contribution in [0.1, 0.15) is 24.2 Å². The van der Waals surface area contributed by atoms with Crippen molar-refractivity contribution in [1.29, 1.82) is 0 Å². The molecule has 0 aliphatic rings. The third-order valence-electron chi connectivity index (χ3n) is 3.09. The van der Waals surface area contributed by atoms with Gasteiger partial charge in [-0.2, -0.15) is 5.10 Å². The van der Waals surface area contributed by atoms with E-state index in [2.05, 4.69) is 5.10 Å². The quantitative estimate of drug-likeness (QED) is 0.871. The molecule has 7 heteroatoms. The Labute approximate surface area is 126 Å². The fourth-order valence-electron chi connectivity index (χ4n) is 2.02. The van der Waals surface area contributed by atoms with E-state index in [0.717, 1.165) is 4.68 Å². The minimum Gasteiger partial charge on any atom is -0.462 e. The molecule has 2 rings (SSSR count). The molecule has 2 N–H and O–H groups in total. The molecule has 0 fully saturated rings. The summed E-state index contributed by atoms with van der Waals surface area (Å²) in [5, 5.41) is 4.16. The summed E-state index contributed by atoms with van der Waals surface area (Å²) in [6, 6.07) is 5.40. The molecule has 0 amide bonds. The first kappa shape index (κ1) is 15.7. The molecule has 0 radical (unpaired) electrons. The Bertz CT molecular complexity index is 754. The zero-order chi connectivity index (χ0) is 16.3. The van der Waals surface area contributed by atoms with Crippen LogP contribution in [0.4, 0.5) is 10.1 Å². The molecular weight excluding hydrogens is 289 g/mol. The van der Waals surface area contributed by atoms with Gasteiger partial charge in [0.1, 0.15) is 22.8 Å². The van der Waals surface area contributed by atoms with Crippen molar-refractivity contribution in [2.45, 2.75) is 20.4 Å². The largest absolute Gasteiger partial charge is 0.462 e. The summed E-state index contributed by atoms with van der Waals surface area (Å²) in [6.07, 6.45) is 0. The number of hydrogen-bond donors (Lipinski definition) is 1. The number of carbonyl (C=O) groups is 1. The predicted octanol–water partition coefficient (Wildman–Crippen LogP) is 1.83. The minimum absolute atomic E-state index is 0.0943. The maximum Gasteiger partial charge on any atom is 0.342 e. The van der Waals surface area contributed by atoms with Crippen molar-refractivity contribution in [2.24, 2.45) is 0 Å². The summed E-state index contributed by atoms with van der Waals surface area (Å²) in [7, 11) is 0. The Balaban J connectivity index is 2.74. The topological polar surface area (TPSA) is 87.2 Å². The lowest BCUT2D eigenvalue weighted by molar-refractivity contribution is 0.0527. The van der Waals surface area contributed by atoms with Crippen LogP contribution >= 0.6 is 0 Å². The molecule has 0 aliphatic carbocycles. The van der Waals surface area contributed by atoms with Crippen molar-refractivity contribution < 1.29 is 13.9 Å². The molecule has 0 saturated carbocycles. The fourth-order valence-corrected chi connectivity index (χ4v) is 2.02. The first-order valence-electron chi connectivity index (χ1n) is 6.83. The molecule has 0 bridgehead atoms. The van der Waals surface area contributed by atoms with E-state index < -0.39 is 17.3 Å². The zero-order valence-electron chi connectivity index (χ0n) is 12.3. The van der Waals surface area contributed by atoms with Crippen LogP contribution in [0, 0.1) is 5.82 Å². The number of carbonyl (C=O) groups excluding carboxylic acids is 1. The molecule has 0 unspecified atom stereocenters. The molecule has 2 aromatic rings. The summed E-state index contributed by atoms with van der Waals surface area (Å²) in [5.41, 5.74) is 5.59. The van der Waals surface area contributed by atoms with E-state index in [4.69, 9.17) is 10.5 Å². The highest BCUT2D eigenvalue weighted by atomic mass is 19.1. The van der Waals surface area contributed by atoms with Crippen molar-refractivity contribution >= 4 is 11.7 Å². The van der Waals surface area contributed by atoms with Gasteiger partial charge in [-0.3, -0.25) is 4.79 Å². The van der Waals surface area contributed by atoms with Gasteiger partial charge in [-0.05, 0) is 38.1 Å². The van der Waals surface area contributed by atoms with Crippen LogP contribution in [0.5, 0.6) is 0 Å². The van der Waals surface area contributed by atoms with Gasteiger partial charge in [0.2, 0.25) is 0 Å². The third kappa shape index (κ3) is 2.83. The second-order valence-electron chi connectivity index (χ2n) is 4.49. The van der Waals surface area contributed by atoms with Crippen molar-refractivity contribution in [3.63, 3.8) is 0 Å². The molecule has 22 heavy (non-hydrogen) atoms. The SMILES string of the molecule is CCOC(=O)c1c(-c2ccc(F)cc2)nn(CC)c(=O)c1N. The highest BCUT2D eigenvalue weighted by Gasteiger charge is 2.23. The normalized spacial score (nSPS) is 10.5. The maximum atomic E-state index is 13.1. The number of hydrogen-bond acceptors (Lipinski definition) is 5. The van der Waals surface area contributed by atoms with Gasteiger partial charge < -0.3 is 10.5 Å². The number of esters is 1. The van der Waals surface area contributed by atoms with Gasteiger partial charge in [-0.25, -0.2) is 13.9 Å². The number of nitrogen functional groups attached to an aromatic ring is 1. The van der Waals surface area contributed by atoms with Crippen molar-refractivity contribution in [3.05, 3.63) is 46.0 Å². The van der Waals surface area contributed by atoms with Crippen LogP contribution in [0.25, 0.3) is 11.3 Å². The van der Waals surface area contributed by atoms with Crippen molar-refractivity contribution in [3.8, 4) is 11.3 Å². The van der Waals surface area contributed by atoms with E-state index in [0.29, 0.717) is 12.1 Å². The lowest BCUT2D eigenvalue weighted by atomic mass is 10.1. The van der Waals surface area contributed by atoms with E-state index in [9.17, 15) is 14.0 Å². The van der Waals surface area contributed by atoms with Crippen molar-refractivity contribution in [2.75, 3.05) is 12.3 Å². The summed E-state index contributed by atoms with van der Waals surface area (Å²) in [5.74, 6) is -1.15. The van der Waals surface area contributed by atoms with Gasteiger partial charge in [0.05, 0.1) is 6.61 Å². The monoisotopic (exact) mass is 305 g/mol. The second kappa shape index (κ2) is 6.38. The number of nitrogens with two attached hydrogens (primary N) is 1. The molecule has 0 atom stereocenters. The number of nitrogens with zero attached hydrogens (tertiary/aromatic N) is 2. The fraction of sp³-hybridized carbons (Fsp3) is 0.267. The number of rotatable bonds is 4. The summed E-state index contributed by atoms with van der Waals surface area (Å²) in [6.45, 7) is 3.80. The maximum absolute atomic E-state index is 13.1. The second-order valence-corrected chi connectivity index (χ2v) is 4.49. The number of benzene rings is 1. The first-order chi connectivity index (χ1) is 10.5. The molecule has 0 spiro atoms. The van der Waals surface area contributed by atoms with Gasteiger partial charge >= 0.3 is 5.97 Å². The number of aromatic nitrogens is 2. The van der Waals surface area contributed by atoms with Crippen LogP contribution in [-0.4, -0.2) is 22.4 Å². The van der Waals surface area contributed by atoms with Crippen molar-refractivity contribution in [1.82, 2.24) is 9.78 Å². The molecule has 116 valence electrons. The summed E-state index contributed by atoms with van der Waals surface area (Å²) < 4.78 is 19.2. The van der Waals surface area contributed by atoms with Gasteiger partial charge in [0, 0.05) is 12.1 Å². The minimum atomic E-state index is -0.729. The van der Waals surface area contributed by atoms with Gasteiger partial charge in [0.25, 0.3) is 5.56 Å². The smallest absolute Gasteiger partial charge is 0.342 e. The lowest BCUT2D eigenvalue weighted by Gasteiger charge is -2.13. The summed E-state index contributed by atoms with van der Waals surface area (Å²) >= 11 is 0. The third-order valence-corrected chi connectivity index (χ3v) is 3.09. The Morgan fingerprint density at radius 3 is 2.50 bits per heavy atom. The molecule has 6 nitrogen and oxygen atoms in total. The number of anilines is 1. The van der Waals surface area contributed by atoms with Crippen LogP contribution < -0.4 is 11.3 Å². The lowest BCUT2D eigenvalue weighted by Crippen LogP contribution is -2.29. The Hall–Kier alpha value is -2.70. The number of ether oxygens (including phenoxy) is 1. The molecule has 1 aromatic heterocycles. The average Bonchev–Trinajstić information content (AvgIpc) is 2.50. The van der Waals surface area contributed by atoms with E-state index in [-0.39, 0.29) is 23.6 Å². The van der Waals surface area contributed by atoms with E-state index in [1.54, 1.807) is 13.8 Å². The van der Waals surface area contributed by atoms with Crippen LogP contribution in [0.3, 0.4) is 0 Å². The highest BCUT2D eigenvalue weighted by Crippen LogP contribution is 2.24. The molecule has 1 heterocycles. The van der Waals surface area contributed by atoms with E-state index >= 15 is 0 Å². The van der Waals surface area contributed by atoms with Gasteiger partial charge in [-0.15, -0.1) is 0 Å². The number of aryl methyl sites for hydroxylation is 1. The molecule has 0 aliphatic heterocycles. The van der Waals surface area contributed by atoms with E-state index in [1.165, 1.54) is 24.3 Å². The standard InChI is InChI=1S/C15H16FN3O3/c1-3-19-14(20)12(17)11(15(21)22-4-2)13(18-19)9-5-7-10(16)8-6-9/h5-8H,3-4,17H2,1-2H3. The predicted molar refractivity (Wildman–Crippen MR) is 79.9 cm³/mol. The van der Waals surface area contributed by atoms with E-state index in [1.807, 2.05) is 0 Å². The Morgan fingerprint density at radius 1 is 1.32 bits per heavy atom.